The Bertz CT molecular complexity index is 1180. The summed E-state index contributed by atoms with van der Waals surface area (Å²) in [6.07, 6.45) is -0.115. The maximum Gasteiger partial charge on any atom is 0.263 e. The van der Waals surface area contributed by atoms with Crippen LogP contribution in [0.4, 0.5) is 14.5 Å². The highest BCUT2D eigenvalue weighted by atomic mass is 19.1. The number of halogens is 2. The molecular formula is C27H26F2N2O3. The third-order valence-corrected chi connectivity index (χ3v) is 5.87. The topological polar surface area (TPSA) is 58.6 Å². The van der Waals surface area contributed by atoms with E-state index in [9.17, 15) is 18.4 Å². The van der Waals surface area contributed by atoms with E-state index in [4.69, 9.17) is 4.74 Å². The summed E-state index contributed by atoms with van der Waals surface area (Å²) >= 11 is 0. The minimum absolute atomic E-state index is 0.0309. The third kappa shape index (κ3) is 5.25. The number of carbonyl (C=O) groups is 2. The molecule has 0 saturated heterocycles. The van der Waals surface area contributed by atoms with Crippen LogP contribution in [-0.2, 0) is 22.7 Å². The molecule has 3 aromatic carbocycles. The van der Waals surface area contributed by atoms with Crippen molar-refractivity contribution in [2.75, 3.05) is 5.32 Å². The number of amides is 2. The SMILES string of the molecule is CCC(C(=O)Nc1ccc2c(c1)CN(Cc1cc(F)cc(F)c1)C(=O)C(C)O2)c1ccccc1. The third-order valence-electron chi connectivity index (χ3n) is 5.87. The highest BCUT2D eigenvalue weighted by Crippen LogP contribution is 2.30. The standard InChI is InChI=1S/C27H26F2N2O3/c1-3-24(19-7-5-4-6-8-19)26(32)30-23-9-10-25-20(13-23)16-31(27(33)17(2)34-25)15-18-11-21(28)14-22(29)12-18/h4-14,17,24H,3,15-16H2,1-2H3,(H,30,32). The monoisotopic (exact) mass is 464 g/mol. The summed E-state index contributed by atoms with van der Waals surface area (Å²) < 4.78 is 33.1. The molecule has 0 aromatic heterocycles. The fourth-order valence-corrected chi connectivity index (χ4v) is 4.22. The van der Waals surface area contributed by atoms with Gasteiger partial charge in [-0.1, -0.05) is 37.3 Å². The number of nitrogens with zero attached hydrogens (tertiary/aromatic N) is 1. The second-order valence-electron chi connectivity index (χ2n) is 8.42. The van der Waals surface area contributed by atoms with E-state index in [1.165, 1.54) is 17.0 Å². The molecule has 176 valence electrons. The molecule has 7 heteroatoms. The minimum atomic E-state index is -0.761. The molecule has 1 aliphatic rings. The lowest BCUT2D eigenvalue weighted by atomic mass is 9.95. The predicted molar refractivity (Wildman–Crippen MR) is 125 cm³/mol. The Hall–Kier alpha value is -3.74. The highest BCUT2D eigenvalue weighted by Gasteiger charge is 2.28. The van der Waals surface area contributed by atoms with Gasteiger partial charge in [0.05, 0.1) is 5.92 Å². The molecule has 0 saturated carbocycles. The molecule has 1 aliphatic heterocycles. The van der Waals surface area contributed by atoms with Crippen LogP contribution in [0.5, 0.6) is 5.75 Å². The quantitative estimate of drug-likeness (QED) is 0.531. The number of hydrogen-bond acceptors (Lipinski definition) is 3. The molecule has 1 N–H and O–H groups in total. The molecule has 1 heterocycles. The first-order chi connectivity index (χ1) is 16.3. The molecule has 0 radical (unpaired) electrons. The molecule has 3 aromatic rings. The zero-order chi connectivity index (χ0) is 24.2. The van der Waals surface area contributed by atoms with Crippen LogP contribution in [-0.4, -0.2) is 22.8 Å². The number of rotatable bonds is 6. The number of carbonyl (C=O) groups excluding carboxylic acids is 2. The Morgan fingerprint density at radius 1 is 1.09 bits per heavy atom. The van der Waals surface area contributed by atoms with Gasteiger partial charge in [0, 0.05) is 30.4 Å². The maximum absolute atomic E-state index is 13.7. The maximum atomic E-state index is 13.7. The van der Waals surface area contributed by atoms with Crippen LogP contribution in [0, 0.1) is 11.6 Å². The van der Waals surface area contributed by atoms with Gasteiger partial charge in [-0.15, -0.1) is 0 Å². The Morgan fingerprint density at radius 3 is 2.47 bits per heavy atom. The lowest BCUT2D eigenvalue weighted by molar-refractivity contribution is -0.138. The van der Waals surface area contributed by atoms with Crippen molar-refractivity contribution < 1.29 is 23.1 Å². The highest BCUT2D eigenvalue weighted by molar-refractivity contribution is 5.96. The Labute approximate surface area is 197 Å². The van der Waals surface area contributed by atoms with Crippen LogP contribution in [0.25, 0.3) is 0 Å². The smallest absolute Gasteiger partial charge is 0.263 e. The van der Waals surface area contributed by atoms with Crippen LogP contribution in [0.2, 0.25) is 0 Å². The van der Waals surface area contributed by atoms with E-state index in [1.54, 1.807) is 25.1 Å². The van der Waals surface area contributed by atoms with Gasteiger partial charge in [-0.25, -0.2) is 8.78 Å². The summed E-state index contributed by atoms with van der Waals surface area (Å²) in [7, 11) is 0. The second-order valence-corrected chi connectivity index (χ2v) is 8.42. The Balaban J connectivity index is 1.56. The van der Waals surface area contributed by atoms with Crippen LogP contribution in [0.3, 0.4) is 0 Å². The van der Waals surface area contributed by atoms with Crippen LogP contribution in [0.15, 0.2) is 66.7 Å². The normalized spacial score (nSPS) is 16.3. The molecule has 4 rings (SSSR count). The van der Waals surface area contributed by atoms with E-state index in [-0.39, 0.29) is 30.8 Å². The van der Waals surface area contributed by atoms with Crippen molar-refractivity contribution in [2.24, 2.45) is 0 Å². The number of benzene rings is 3. The summed E-state index contributed by atoms with van der Waals surface area (Å²) in [6.45, 7) is 3.81. The van der Waals surface area contributed by atoms with Gasteiger partial charge < -0.3 is 15.0 Å². The summed E-state index contributed by atoms with van der Waals surface area (Å²) in [5, 5.41) is 2.97. The minimum Gasteiger partial charge on any atom is -0.481 e. The van der Waals surface area contributed by atoms with Gasteiger partial charge in [-0.3, -0.25) is 9.59 Å². The molecule has 34 heavy (non-hydrogen) atoms. The largest absolute Gasteiger partial charge is 0.481 e. The van der Waals surface area contributed by atoms with E-state index in [1.807, 2.05) is 37.3 Å². The van der Waals surface area contributed by atoms with Gasteiger partial charge in [-0.05, 0) is 54.8 Å². The predicted octanol–water partition coefficient (Wildman–Crippen LogP) is 5.41. The molecule has 0 aliphatic carbocycles. The lowest BCUT2D eigenvalue weighted by Crippen LogP contribution is -2.37. The van der Waals surface area contributed by atoms with Crippen molar-refractivity contribution in [1.29, 1.82) is 0 Å². The van der Waals surface area contributed by atoms with Gasteiger partial charge in [0.25, 0.3) is 5.91 Å². The molecule has 2 amide bonds. The molecule has 0 spiro atoms. The van der Waals surface area contributed by atoms with Gasteiger partial charge in [0.1, 0.15) is 17.4 Å². The Morgan fingerprint density at radius 2 is 1.79 bits per heavy atom. The van der Waals surface area contributed by atoms with E-state index >= 15 is 0 Å². The van der Waals surface area contributed by atoms with Gasteiger partial charge in [0.2, 0.25) is 5.91 Å². The van der Waals surface area contributed by atoms with Gasteiger partial charge in [0.15, 0.2) is 6.10 Å². The van der Waals surface area contributed by atoms with Gasteiger partial charge >= 0.3 is 0 Å². The van der Waals surface area contributed by atoms with Crippen molar-refractivity contribution in [1.82, 2.24) is 4.90 Å². The first-order valence-electron chi connectivity index (χ1n) is 11.2. The van der Waals surface area contributed by atoms with Crippen molar-refractivity contribution in [3.05, 3.63) is 95.1 Å². The number of ether oxygens (including phenoxy) is 1. The van der Waals surface area contributed by atoms with E-state index in [2.05, 4.69) is 5.32 Å². The number of nitrogens with one attached hydrogen (secondary N) is 1. The number of fused-ring (bicyclic) bond motifs is 1. The number of anilines is 1. The summed E-state index contributed by atoms with van der Waals surface area (Å²) in [5.74, 6) is -1.58. The van der Waals surface area contributed by atoms with Crippen molar-refractivity contribution >= 4 is 17.5 Å². The average molecular weight is 465 g/mol. The van der Waals surface area contributed by atoms with Crippen LogP contribution < -0.4 is 10.1 Å². The number of hydrogen-bond donors (Lipinski definition) is 1. The summed E-state index contributed by atoms with van der Waals surface area (Å²) in [4.78, 5) is 27.4. The van der Waals surface area contributed by atoms with Crippen LogP contribution in [0.1, 0.15) is 42.9 Å². The molecular weight excluding hydrogens is 438 g/mol. The first-order valence-corrected chi connectivity index (χ1v) is 11.2. The fourth-order valence-electron chi connectivity index (χ4n) is 4.22. The van der Waals surface area contributed by atoms with Crippen molar-refractivity contribution in [3.63, 3.8) is 0 Å². The van der Waals surface area contributed by atoms with E-state index in [0.29, 0.717) is 29.0 Å². The van der Waals surface area contributed by atoms with Gasteiger partial charge in [-0.2, -0.15) is 0 Å². The van der Waals surface area contributed by atoms with Crippen molar-refractivity contribution in [2.45, 2.75) is 45.4 Å². The lowest BCUT2D eigenvalue weighted by Gasteiger charge is -2.22. The first kappa shape index (κ1) is 23.4. The van der Waals surface area contributed by atoms with Crippen molar-refractivity contribution in [3.8, 4) is 5.75 Å². The molecule has 5 nitrogen and oxygen atoms in total. The summed E-state index contributed by atoms with van der Waals surface area (Å²) in [6, 6.07) is 18.0. The molecule has 2 atom stereocenters. The molecule has 0 bridgehead atoms. The zero-order valence-electron chi connectivity index (χ0n) is 19.1. The summed E-state index contributed by atoms with van der Waals surface area (Å²) in [5.41, 5.74) is 2.56. The molecule has 2 unspecified atom stereocenters. The van der Waals surface area contributed by atoms with Crippen LogP contribution >= 0.6 is 0 Å². The molecule has 0 fully saturated rings. The van der Waals surface area contributed by atoms with E-state index in [0.717, 1.165) is 11.6 Å². The fraction of sp³-hybridized carbons (Fsp3) is 0.259. The van der Waals surface area contributed by atoms with E-state index < -0.39 is 17.7 Å². The Kier molecular flexibility index (Phi) is 6.91. The average Bonchev–Trinajstić information content (AvgIpc) is 2.90. The second kappa shape index (κ2) is 10.0. The zero-order valence-corrected chi connectivity index (χ0v) is 19.1.